The standard InChI is InChI=1S/C15H27NO3/c1-14(16-9-3-13(17-2)4-10-16)5-7-15(8-6-14)18-11-12-19-15/h13H,3-12H2,1-2H3. The summed E-state index contributed by atoms with van der Waals surface area (Å²) in [5, 5.41) is 0. The summed E-state index contributed by atoms with van der Waals surface area (Å²) in [5.41, 5.74) is 0.333. The van der Waals surface area contributed by atoms with Crippen LogP contribution in [0.5, 0.6) is 0 Å². The molecule has 0 unspecified atom stereocenters. The van der Waals surface area contributed by atoms with E-state index in [1.165, 1.54) is 38.8 Å². The van der Waals surface area contributed by atoms with Gasteiger partial charge in [-0.15, -0.1) is 0 Å². The zero-order valence-electron chi connectivity index (χ0n) is 12.3. The van der Waals surface area contributed by atoms with Crippen LogP contribution in [0.4, 0.5) is 0 Å². The minimum Gasteiger partial charge on any atom is -0.381 e. The van der Waals surface area contributed by atoms with E-state index in [4.69, 9.17) is 14.2 Å². The molecule has 4 nitrogen and oxygen atoms in total. The van der Waals surface area contributed by atoms with Gasteiger partial charge in [0.05, 0.1) is 19.3 Å². The van der Waals surface area contributed by atoms with Crippen LogP contribution in [0.25, 0.3) is 0 Å². The first-order valence-electron chi connectivity index (χ1n) is 7.72. The summed E-state index contributed by atoms with van der Waals surface area (Å²) >= 11 is 0. The Morgan fingerprint density at radius 2 is 1.58 bits per heavy atom. The average molecular weight is 269 g/mol. The first kappa shape index (κ1) is 13.8. The van der Waals surface area contributed by atoms with E-state index in [0.29, 0.717) is 11.6 Å². The molecule has 1 aliphatic carbocycles. The van der Waals surface area contributed by atoms with Crippen molar-refractivity contribution in [1.82, 2.24) is 4.90 Å². The van der Waals surface area contributed by atoms with Crippen LogP contribution in [-0.4, -0.2) is 55.7 Å². The molecule has 0 amide bonds. The molecule has 0 radical (unpaired) electrons. The highest BCUT2D eigenvalue weighted by Crippen LogP contribution is 2.43. The Morgan fingerprint density at radius 1 is 1.00 bits per heavy atom. The van der Waals surface area contributed by atoms with Crippen molar-refractivity contribution in [2.45, 2.75) is 62.9 Å². The summed E-state index contributed by atoms with van der Waals surface area (Å²) in [4.78, 5) is 2.67. The third-order valence-corrected chi connectivity index (χ3v) is 5.44. The van der Waals surface area contributed by atoms with Gasteiger partial charge >= 0.3 is 0 Å². The van der Waals surface area contributed by atoms with Crippen molar-refractivity contribution in [3.05, 3.63) is 0 Å². The highest BCUT2D eigenvalue weighted by Gasteiger charge is 2.46. The van der Waals surface area contributed by atoms with E-state index in [-0.39, 0.29) is 5.79 Å². The number of hydrogen-bond donors (Lipinski definition) is 0. The molecule has 3 rings (SSSR count). The van der Waals surface area contributed by atoms with Crippen molar-refractivity contribution >= 4 is 0 Å². The Labute approximate surface area is 116 Å². The highest BCUT2D eigenvalue weighted by molar-refractivity contribution is 4.96. The quantitative estimate of drug-likeness (QED) is 0.769. The van der Waals surface area contributed by atoms with Crippen LogP contribution in [-0.2, 0) is 14.2 Å². The van der Waals surface area contributed by atoms with Gasteiger partial charge in [0.15, 0.2) is 5.79 Å². The fourth-order valence-electron chi connectivity index (χ4n) is 3.90. The molecular formula is C15H27NO3. The van der Waals surface area contributed by atoms with Crippen molar-refractivity contribution in [2.75, 3.05) is 33.4 Å². The minimum absolute atomic E-state index is 0.232. The van der Waals surface area contributed by atoms with E-state index in [2.05, 4.69) is 11.8 Å². The van der Waals surface area contributed by atoms with Crippen LogP contribution in [0.3, 0.4) is 0 Å². The van der Waals surface area contributed by atoms with Crippen molar-refractivity contribution in [3.8, 4) is 0 Å². The first-order valence-corrected chi connectivity index (χ1v) is 7.72. The number of piperidine rings is 1. The molecule has 0 atom stereocenters. The van der Waals surface area contributed by atoms with Crippen molar-refractivity contribution < 1.29 is 14.2 Å². The molecule has 2 saturated heterocycles. The summed E-state index contributed by atoms with van der Waals surface area (Å²) in [6.45, 7) is 6.31. The second-order valence-corrected chi connectivity index (χ2v) is 6.53. The number of rotatable bonds is 2. The monoisotopic (exact) mass is 269 g/mol. The van der Waals surface area contributed by atoms with Crippen LogP contribution in [0.15, 0.2) is 0 Å². The van der Waals surface area contributed by atoms with Crippen LogP contribution < -0.4 is 0 Å². The Balaban J connectivity index is 1.56. The Hall–Kier alpha value is -0.160. The van der Waals surface area contributed by atoms with Gasteiger partial charge in [-0.25, -0.2) is 0 Å². The Bertz CT molecular complexity index is 297. The Morgan fingerprint density at radius 3 is 2.11 bits per heavy atom. The van der Waals surface area contributed by atoms with Gasteiger partial charge in [-0.2, -0.15) is 0 Å². The van der Waals surface area contributed by atoms with Crippen LogP contribution >= 0.6 is 0 Å². The largest absolute Gasteiger partial charge is 0.381 e. The summed E-state index contributed by atoms with van der Waals surface area (Å²) in [7, 11) is 1.83. The van der Waals surface area contributed by atoms with Crippen LogP contribution in [0.1, 0.15) is 45.4 Å². The maximum absolute atomic E-state index is 5.84. The number of hydrogen-bond acceptors (Lipinski definition) is 4. The Kier molecular flexibility index (Phi) is 3.87. The molecule has 1 spiro atoms. The average Bonchev–Trinajstić information content (AvgIpc) is 2.92. The summed E-state index contributed by atoms with van der Waals surface area (Å²) in [6.07, 6.45) is 7.28. The van der Waals surface area contributed by atoms with Gasteiger partial charge in [-0.05, 0) is 32.6 Å². The lowest BCUT2D eigenvalue weighted by Crippen LogP contribution is -2.55. The van der Waals surface area contributed by atoms with Gasteiger partial charge < -0.3 is 14.2 Å². The smallest absolute Gasteiger partial charge is 0.168 e. The molecule has 0 bridgehead atoms. The molecule has 2 aliphatic heterocycles. The number of likely N-dealkylation sites (tertiary alicyclic amines) is 1. The van der Waals surface area contributed by atoms with Gasteiger partial charge in [0, 0.05) is 38.6 Å². The zero-order chi connectivity index (χ0) is 13.3. The minimum atomic E-state index is -0.232. The number of methoxy groups -OCH3 is 1. The topological polar surface area (TPSA) is 30.9 Å². The van der Waals surface area contributed by atoms with Crippen LogP contribution in [0.2, 0.25) is 0 Å². The van der Waals surface area contributed by atoms with Gasteiger partial charge in [0.2, 0.25) is 0 Å². The SMILES string of the molecule is COC1CCN(C2(C)CCC3(CC2)OCCO3)CC1. The molecule has 0 N–H and O–H groups in total. The molecule has 3 aliphatic rings. The molecule has 2 heterocycles. The fourth-order valence-corrected chi connectivity index (χ4v) is 3.90. The normalized spacial score (nSPS) is 31.9. The lowest BCUT2D eigenvalue weighted by atomic mass is 9.78. The zero-order valence-corrected chi connectivity index (χ0v) is 12.3. The van der Waals surface area contributed by atoms with E-state index in [9.17, 15) is 0 Å². The maximum Gasteiger partial charge on any atom is 0.168 e. The van der Waals surface area contributed by atoms with Crippen molar-refractivity contribution in [3.63, 3.8) is 0 Å². The van der Waals surface area contributed by atoms with Gasteiger partial charge in [-0.1, -0.05) is 0 Å². The highest BCUT2D eigenvalue weighted by atomic mass is 16.7. The van der Waals surface area contributed by atoms with E-state index >= 15 is 0 Å². The molecule has 4 heteroatoms. The van der Waals surface area contributed by atoms with E-state index in [0.717, 1.165) is 26.1 Å². The van der Waals surface area contributed by atoms with Crippen molar-refractivity contribution in [2.24, 2.45) is 0 Å². The third-order valence-electron chi connectivity index (χ3n) is 5.44. The molecule has 0 aromatic carbocycles. The van der Waals surface area contributed by atoms with Gasteiger partial charge in [0.25, 0.3) is 0 Å². The summed E-state index contributed by atoms with van der Waals surface area (Å²) in [5.74, 6) is -0.232. The number of nitrogens with zero attached hydrogens (tertiary/aromatic N) is 1. The summed E-state index contributed by atoms with van der Waals surface area (Å²) < 4.78 is 17.1. The van der Waals surface area contributed by atoms with Gasteiger partial charge in [-0.3, -0.25) is 4.90 Å². The van der Waals surface area contributed by atoms with E-state index in [1.807, 2.05) is 7.11 Å². The predicted molar refractivity (Wildman–Crippen MR) is 73.1 cm³/mol. The fraction of sp³-hybridized carbons (Fsp3) is 1.00. The molecule has 1 saturated carbocycles. The van der Waals surface area contributed by atoms with Gasteiger partial charge in [0.1, 0.15) is 0 Å². The molecule has 0 aromatic heterocycles. The van der Waals surface area contributed by atoms with E-state index < -0.39 is 0 Å². The molecular weight excluding hydrogens is 242 g/mol. The van der Waals surface area contributed by atoms with Crippen LogP contribution in [0, 0.1) is 0 Å². The molecule has 3 fully saturated rings. The first-order chi connectivity index (χ1) is 9.16. The second-order valence-electron chi connectivity index (χ2n) is 6.53. The lowest BCUT2D eigenvalue weighted by molar-refractivity contribution is -0.194. The second kappa shape index (κ2) is 5.32. The molecule has 19 heavy (non-hydrogen) atoms. The maximum atomic E-state index is 5.84. The molecule has 0 aromatic rings. The molecule has 110 valence electrons. The van der Waals surface area contributed by atoms with Crippen molar-refractivity contribution in [1.29, 1.82) is 0 Å². The number of ether oxygens (including phenoxy) is 3. The third kappa shape index (κ3) is 2.68. The van der Waals surface area contributed by atoms with E-state index in [1.54, 1.807) is 0 Å². The lowest BCUT2D eigenvalue weighted by Gasteiger charge is -2.50. The predicted octanol–water partition coefficient (Wildman–Crippen LogP) is 2.17. The summed E-state index contributed by atoms with van der Waals surface area (Å²) in [6, 6.07) is 0.